The van der Waals surface area contributed by atoms with Crippen LogP contribution in [0.1, 0.15) is 19.4 Å². The lowest BCUT2D eigenvalue weighted by molar-refractivity contribution is -0.142. The zero-order chi connectivity index (χ0) is 18.6. The van der Waals surface area contributed by atoms with Gasteiger partial charge >= 0.3 is 5.97 Å². The van der Waals surface area contributed by atoms with Gasteiger partial charge in [-0.1, -0.05) is 23.2 Å². The fourth-order valence-corrected chi connectivity index (χ4v) is 3.12. The first-order valence-corrected chi connectivity index (χ1v) is 8.56. The van der Waals surface area contributed by atoms with E-state index in [2.05, 4.69) is 5.32 Å². The smallest absolute Gasteiger partial charge is 0.320 e. The van der Waals surface area contributed by atoms with Gasteiger partial charge in [0.1, 0.15) is 18.4 Å². The fourth-order valence-electron chi connectivity index (χ4n) is 2.56. The first-order valence-electron chi connectivity index (χ1n) is 7.80. The van der Waals surface area contributed by atoms with E-state index in [-0.39, 0.29) is 5.91 Å². The second-order valence-corrected chi connectivity index (χ2v) is 6.71. The molecule has 136 valence electrons. The van der Waals surface area contributed by atoms with Crippen molar-refractivity contribution < 1.29 is 19.4 Å². The van der Waals surface area contributed by atoms with Crippen LogP contribution in [0.4, 0.5) is 0 Å². The molecule has 2 rings (SSSR count). The topological polar surface area (TPSA) is 78.9 Å². The molecule has 1 atom stereocenters. The zero-order valence-electron chi connectivity index (χ0n) is 14.0. The molecular weight excluding hydrogens is 367 g/mol. The van der Waals surface area contributed by atoms with Crippen molar-refractivity contribution >= 4 is 41.2 Å². The molecule has 0 radical (unpaired) electrons. The van der Waals surface area contributed by atoms with Gasteiger partial charge in [0.25, 0.3) is 0 Å². The number of hydrogen-bond acceptors (Lipinski definition) is 4. The maximum atomic E-state index is 11.4. The fraction of sp³-hybridized carbons (Fsp3) is 0.412. The number of fused-ring (bicyclic) bond motifs is 1. The number of halogens is 2. The number of carboxylic acids is 1. The molecule has 0 spiro atoms. The molecule has 0 saturated heterocycles. The van der Waals surface area contributed by atoms with E-state index in [4.69, 9.17) is 27.9 Å². The Hall–Kier alpha value is -1.76. The van der Waals surface area contributed by atoms with Gasteiger partial charge in [-0.15, -0.1) is 0 Å². The largest absolute Gasteiger partial charge is 0.487 e. The standard InChI is InChI=1S/C17H20Cl2N2O4/c1-10(17(23)24)21(4-3-20-11(2)22)8-12-5-13-6-14(18)7-15(19)16(13)25-9-12/h5-7,10H,3-4,8-9H2,1-2H3,(H,20,22)(H,23,24). The molecule has 1 unspecified atom stereocenters. The maximum absolute atomic E-state index is 11.4. The number of carboxylic acid groups (broad SMARTS) is 1. The van der Waals surface area contributed by atoms with Gasteiger partial charge in [-0.3, -0.25) is 14.5 Å². The third-order valence-corrected chi connectivity index (χ3v) is 4.38. The van der Waals surface area contributed by atoms with Crippen LogP contribution in [0.3, 0.4) is 0 Å². The average molecular weight is 387 g/mol. The van der Waals surface area contributed by atoms with Crippen LogP contribution in [0.15, 0.2) is 17.7 Å². The number of benzene rings is 1. The Morgan fingerprint density at radius 1 is 1.40 bits per heavy atom. The third kappa shape index (κ3) is 5.36. The van der Waals surface area contributed by atoms with E-state index in [1.807, 2.05) is 6.08 Å². The molecule has 1 aliphatic rings. The predicted molar refractivity (Wildman–Crippen MR) is 97.3 cm³/mol. The van der Waals surface area contributed by atoms with E-state index in [0.29, 0.717) is 42.0 Å². The van der Waals surface area contributed by atoms with Crippen molar-refractivity contribution in [2.75, 3.05) is 26.2 Å². The highest BCUT2D eigenvalue weighted by atomic mass is 35.5. The summed E-state index contributed by atoms with van der Waals surface area (Å²) in [5.41, 5.74) is 1.67. The summed E-state index contributed by atoms with van der Waals surface area (Å²) in [4.78, 5) is 24.1. The second kappa shape index (κ2) is 8.56. The quantitative estimate of drug-likeness (QED) is 0.752. The van der Waals surface area contributed by atoms with E-state index in [1.165, 1.54) is 6.92 Å². The number of nitrogens with one attached hydrogen (secondary N) is 1. The van der Waals surface area contributed by atoms with Gasteiger partial charge in [0.15, 0.2) is 0 Å². The van der Waals surface area contributed by atoms with Gasteiger partial charge < -0.3 is 15.2 Å². The van der Waals surface area contributed by atoms with E-state index >= 15 is 0 Å². The lowest BCUT2D eigenvalue weighted by Crippen LogP contribution is -2.44. The number of carbonyl (C=O) groups is 2. The summed E-state index contributed by atoms with van der Waals surface area (Å²) < 4.78 is 5.70. The first kappa shape index (κ1) is 19.6. The SMILES string of the molecule is CC(=O)NCCN(CC1=Cc2cc(Cl)cc(Cl)c2OC1)C(C)C(=O)O. The number of nitrogens with zero attached hydrogens (tertiary/aromatic N) is 1. The van der Waals surface area contributed by atoms with Crippen LogP contribution >= 0.6 is 23.2 Å². The molecular formula is C17H20Cl2N2O4. The number of rotatable bonds is 7. The lowest BCUT2D eigenvalue weighted by atomic mass is 10.1. The van der Waals surface area contributed by atoms with Crippen molar-refractivity contribution in [1.29, 1.82) is 0 Å². The number of hydrogen-bond donors (Lipinski definition) is 2. The third-order valence-electron chi connectivity index (χ3n) is 3.88. The van der Waals surface area contributed by atoms with Crippen molar-refractivity contribution in [3.63, 3.8) is 0 Å². The van der Waals surface area contributed by atoms with Gasteiger partial charge in [-0.25, -0.2) is 0 Å². The van der Waals surface area contributed by atoms with Crippen molar-refractivity contribution in [2.45, 2.75) is 19.9 Å². The minimum Gasteiger partial charge on any atom is -0.487 e. The van der Waals surface area contributed by atoms with Crippen molar-refractivity contribution in [3.8, 4) is 5.75 Å². The summed E-state index contributed by atoms with van der Waals surface area (Å²) in [5, 5.41) is 12.9. The van der Waals surface area contributed by atoms with Crippen LogP contribution in [0.5, 0.6) is 5.75 Å². The highest BCUT2D eigenvalue weighted by Gasteiger charge is 2.23. The number of aliphatic carboxylic acids is 1. The molecule has 0 aliphatic carbocycles. The molecule has 0 saturated carbocycles. The molecule has 1 aliphatic heterocycles. The predicted octanol–water partition coefficient (Wildman–Crippen LogP) is 2.68. The summed E-state index contributed by atoms with van der Waals surface area (Å²) in [5.74, 6) is -0.501. The van der Waals surface area contributed by atoms with Crippen LogP contribution < -0.4 is 10.1 Å². The maximum Gasteiger partial charge on any atom is 0.320 e. The Balaban J connectivity index is 2.15. The summed E-state index contributed by atoms with van der Waals surface area (Å²) in [6.07, 6.45) is 1.91. The minimum atomic E-state index is -0.924. The van der Waals surface area contributed by atoms with Crippen LogP contribution in [0.25, 0.3) is 6.08 Å². The van der Waals surface area contributed by atoms with Crippen LogP contribution in [-0.2, 0) is 9.59 Å². The monoisotopic (exact) mass is 386 g/mol. The number of amides is 1. The molecule has 1 aromatic rings. The summed E-state index contributed by atoms with van der Waals surface area (Å²) in [6, 6.07) is 2.68. The van der Waals surface area contributed by atoms with Crippen LogP contribution in [0, 0.1) is 0 Å². The Morgan fingerprint density at radius 3 is 2.76 bits per heavy atom. The highest BCUT2D eigenvalue weighted by Crippen LogP contribution is 2.36. The highest BCUT2D eigenvalue weighted by molar-refractivity contribution is 6.36. The molecule has 2 N–H and O–H groups in total. The van der Waals surface area contributed by atoms with Gasteiger partial charge in [0.2, 0.25) is 5.91 Å². The molecule has 8 heteroatoms. The molecule has 1 amide bonds. The molecule has 1 aromatic carbocycles. The Morgan fingerprint density at radius 2 is 2.12 bits per heavy atom. The zero-order valence-corrected chi connectivity index (χ0v) is 15.5. The van der Waals surface area contributed by atoms with Gasteiger partial charge in [-0.05, 0) is 30.7 Å². The number of ether oxygens (including phenoxy) is 1. The van der Waals surface area contributed by atoms with Crippen molar-refractivity contribution in [2.24, 2.45) is 0 Å². The Kier molecular flexibility index (Phi) is 6.70. The van der Waals surface area contributed by atoms with Crippen molar-refractivity contribution in [1.82, 2.24) is 10.2 Å². The Bertz CT molecular complexity index is 706. The summed E-state index contributed by atoms with van der Waals surface area (Å²) in [7, 11) is 0. The molecule has 25 heavy (non-hydrogen) atoms. The average Bonchev–Trinajstić information content (AvgIpc) is 2.52. The second-order valence-electron chi connectivity index (χ2n) is 5.86. The molecule has 0 aromatic heterocycles. The van der Waals surface area contributed by atoms with Crippen LogP contribution in [-0.4, -0.2) is 54.2 Å². The summed E-state index contributed by atoms with van der Waals surface area (Å²) >= 11 is 12.2. The molecule has 0 bridgehead atoms. The number of carbonyl (C=O) groups excluding carboxylic acids is 1. The van der Waals surface area contributed by atoms with Crippen LogP contribution in [0.2, 0.25) is 10.0 Å². The van der Waals surface area contributed by atoms with E-state index in [0.717, 1.165) is 11.1 Å². The lowest BCUT2D eigenvalue weighted by Gasteiger charge is -2.29. The van der Waals surface area contributed by atoms with Gasteiger partial charge in [0, 0.05) is 37.1 Å². The first-order chi connectivity index (χ1) is 11.8. The summed E-state index contributed by atoms with van der Waals surface area (Å²) in [6.45, 7) is 4.53. The van der Waals surface area contributed by atoms with Gasteiger partial charge in [-0.2, -0.15) is 0 Å². The molecule has 0 fully saturated rings. The van der Waals surface area contributed by atoms with Crippen molar-refractivity contribution in [3.05, 3.63) is 33.3 Å². The Labute approximate surface area is 156 Å². The minimum absolute atomic E-state index is 0.152. The molecule has 6 nitrogen and oxygen atoms in total. The normalized spacial score (nSPS) is 14.4. The van der Waals surface area contributed by atoms with Gasteiger partial charge in [0.05, 0.1) is 5.02 Å². The van der Waals surface area contributed by atoms with E-state index < -0.39 is 12.0 Å². The van der Waals surface area contributed by atoms with E-state index in [1.54, 1.807) is 24.0 Å². The van der Waals surface area contributed by atoms with E-state index in [9.17, 15) is 14.7 Å². The molecule has 1 heterocycles.